The zero-order valence-corrected chi connectivity index (χ0v) is 13.7. The highest BCUT2D eigenvalue weighted by atomic mass is 16.5. The topological polar surface area (TPSA) is 82.4 Å². The molecule has 1 fully saturated rings. The van der Waals surface area contributed by atoms with Crippen LogP contribution in [-0.2, 0) is 14.3 Å². The first kappa shape index (κ1) is 17.5. The van der Waals surface area contributed by atoms with Crippen LogP contribution in [0.15, 0.2) is 42.1 Å². The third-order valence-corrected chi connectivity index (χ3v) is 3.91. The minimum absolute atomic E-state index is 0.0495. The zero-order chi connectivity index (χ0) is 17.4. The van der Waals surface area contributed by atoms with Gasteiger partial charge >= 0.3 is 5.97 Å². The summed E-state index contributed by atoms with van der Waals surface area (Å²) in [7, 11) is 0. The Morgan fingerprint density at radius 2 is 2.00 bits per heavy atom. The number of benzene rings is 1. The maximum atomic E-state index is 12.4. The molecule has 0 aromatic heterocycles. The molecule has 0 spiro atoms. The summed E-state index contributed by atoms with van der Waals surface area (Å²) in [5, 5.41) is 12.2. The maximum Gasteiger partial charge on any atom is 0.309 e. The number of likely N-dealkylation sites (tertiary alicyclic amines) is 1. The Morgan fingerprint density at radius 1 is 1.33 bits per heavy atom. The van der Waals surface area contributed by atoms with Crippen LogP contribution in [0.2, 0.25) is 0 Å². The Morgan fingerprint density at radius 3 is 2.58 bits per heavy atom. The van der Waals surface area contributed by atoms with Crippen molar-refractivity contribution >= 4 is 17.6 Å². The van der Waals surface area contributed by atoms with Gasteiger partial charge in [-0.1, -0.05) is 18.2 Å². The molecule has 24 heavy (non-hydrogen) atoms. The van der Waals surface area contributed by atoms with Gasteiger partial charge < -0.3 is 15.0 Å². The monoisotopic (exact) mass is 327 g/mol. The number of ether oxygens (including phenoxy) is 1. The third kappa shape index (κ3) is 4.59. The molecule has 1 saturated heterocycles. The summed E-state index contributed by atoms with van der Waals surface area (Å²) in [5.41, 5.74) is 0.854. The second-order valence-electron chi connectivity index (χ2n) is 5.50. The molecule has 1 heterocycles. The molecule has 0 saturated carbocycles. The number of carbonyl (C=O) groups is 2. The first-order valence-electron chi connectivity index (χ1n) is 8.03. The molecular weight excluding hydrogens is 306 g/mol. The van der Waals surface area contributed by atoms with Crippen LogP contribution in [0.4, 0.5) is 5.69 Å². The molecule has 1 aromatic rings. The van der Waals surface area contributed by atoms with Crippen LogP contribution >= 0.6 is 0 Å². The van der Waals surface area contributed by atoms with Gasteiger partial charge in [-0.3, -0.25) is 9.59 Å². The Labute approximate surface area is 141 Å². The van der Waals surface area contributed by atoms with E-state index in [-0.39, 0.29) is 23.4 Å². The lowest BCUT2D eigenvalue weighted by Gasteiger charge is -2.30. The molecule has 1 aliphatic heterocycles. The van der Waals surface area contributed by atoms with Crippen molar-refractivity contribution in [1.29, 1.82) is 5.26 Å². The van der Waals surface area contributed by atoms with E-state index in [2.05, 4.69) is 5.32 Å². The number of hydrogen-bond acceptors (Lipinski definition) is 5. The molecule has 1 aliphatic rings. The van der Waals surface area contributed by atoms with Gasteiger partial charge in [-0.05, 0) is 31.9 Å². The number of hydrogen-bond donors (Lipinski definition) is 1. The van der Waals surface area contributed by atoms with E-state index in [4.69, 9.17) is 4.74 Å². The minimum Gasteiger partial charge on any atom is -0.466 e. The number of nitriles is 1. The summed E-state index contributed by atoms with van der Waals surface area (Å²) in [6.45, 7) is 3.05. The number of nitrogens with one attached hydrogen (secondary N) is 1. The van der Waals surface area contributed by atoms with Gasteiger partial charge in [0.15, 0.2) is 0 Å². The average Bonchev–Trinajstić information content (AvgIpc) is 2.63. The Hall–Kier alpha value is -2.81. The molecule has 1 N–H and O–H groups in total. The van der Waals surface area contributed by atoms with Crippen molar-refractivity contribution < 1.29 is 14.3 Å². The van der Waals surface area contributed by atoms with Gasteiger partial charge in [0, 0.05) is 25.0 Å². The molecule has 0 unspecified atom stereocenters. The van der Waals surface area contributed by atoms with Gasteiger partial charge in [0.1, 0.15) is 11.6 Å². The fourth-order valence-corrected chi connectivity index (χ4v) is 2.58. The number of nitrogens with zero attached hydrogens (tertiary/aromatic N) is 2. The number of rotatable bonds is 5. The lowest BCUT2D eigenvalue weighted by atomic mass is 9.96. The SMILES string of the molecule is CCOC(=O)C1CCN(C(=O)/C(C#N)=C\Nc2ccccc2)CC1. The average molecular weight is 327 g/mol. The number of piperidine rings is 1. The molecule has 0 radical (unpaired) electrons. The van der Waals surface area contributed by atoms with Gasteiger partial charge in [0.05, 0.1) is 12.5 Å². The quantitative estimate of drug-likeness (QED) is 0.510. The Kier molecular flexibility index (Phi) is 6.38. The lowest BCUT2D eigenvalue weighted by molar-refractivity contribution is -0.150. The van der Waals surface area contributed by atoms with Crippen LogP contribution in [0, 0.1) is 17.2 Å². The van der Waals surface area contributed by atoms with E-state index in [1.54, 1.807) is 11.8 Å². The molecule has 2 rings (SSSR count). The van der Waals surface area contributed by atoms with Crippen molar-refractivity contribution in [3.05, 3.63) is 42.1 Å². The first-order chi connectivity index (χ1) is 11.7. The maximum absolute atomic E-state index is 12.4. The molecule has 1 aromatic carbocycles. The van der Waals surface area contributed by atoms with Crippen molar-refractivity contribution in [2.24, 2.45) is 5.92 Å². The summed E-state index contributed by atoms with van der Waals surface area (Å²) >= 11 is 0. The molecule has 0 atom stereocenters. The lowest BCUT2D eigenvalue weighted by Crippen LogP contribution is -2.41. The van der Waals surface area contributed by atoms with E-state index < -0.39 is 0 Å². The van der Waals surface area contributed by atoms with E-state index in [1.165, 1.54) is 6.20 Å². The van der Waals surface area contributed by atoms with Crippen LogP contribution in [-0.4, -0.2) is 36.5 Å². The van der Waals surface area contributed by atoms with Crippen molar-refractivity contribution in [1.82, 2.24) is 4.90 Å². The van der Waals surface area contributed by atoms with Crippen LogP contribution in [0.5, 0.6) is 0 Å². The molecule has 0 bridgehead atoms. The third-order valence-electron chi connectivity index (χ3n) is 3.91. The minimum atomic E-state index is -0.316. The fraction of sp³-hybridized carbons (Fsp3) is 0.389. The second-order valence-corrected chi connectivity index (χ2v) is 5.50. The summed E-state index contributed by atoms with van der Waals surface area (Å²) in [6.07, 6.45) is 2.56. The molecule has 126 valence electrons. The van der Waals surface area contributed by atoms with Crippen molar-refractivity contribution in [2.75, 3.05) is 25.0 Å². The second kappa shape index (κ2) is 8.73. The Balaban J connectivity index is 1.93. The summed E-state index contributed by atoms with van der Waals surface area (Å²) in [6, 6.07) is 11.3. The standard InChI is InChI=1S/C18H21N3O3/c1-2-24-18(23)14-8-10-21(11-9-14)17(22)15(12-19)13-20-16-6-4-3-5-7-16/h3-7,13-14,20H,2,8-11H2,1H3/b15-13-. The molecule has 1 amide bonds. The van der Waals surface area contributed by atoms with Gasteiger partial charge in [-0.15, -0.1) is 0 Å². The molecule has 0 aliphatic carbocycles. The predicted octanol–water partition coefficient (Wildman–Crippen LogP) is 2.31. The highest BCUT2D eigenvalue weighted by molar-refractivity contribution is 5.97. The van der Waals surface area contributed by atoms with E-state index >= 15 is 0 Å². The highest BCUT2D eigenvalue weighted by Gasteiger charge is 2.29. The van der Waals surface area contributed by atoms with Crippen LogP contribution < -0.4 is 5.32 Å². The van der Waals surface area contributed by atoms with Crippen molar-refractivity contribution in [3.63, 3.8) is 0 Å². The molecule has 6 nitrogen and oxygen atoms in total. The van der Waals surface area contributed by atoms with E-state index in [9.17, 15) is 14.9 Å². The number of para-hydroxylation sites is 1. The highest BCUT2D eigenvalue weighted by Crippen LogP contribution is 2.20. The molecular formula is C18H21N3O3. The Bertz CT molecular complexity index is 641. The number of esters is 1. The number of carbonyl (C=O) groups excluding carboxylic acids is 2. The van der Waals surface area contributed by atoms with Crippen LogP contribution in [0.25, 0.3) is 0 Å². The largest absolute Gasteiger partial charge is 0.466 e. The van der Waals surface area contributed by atoms with E-state index in [0.717, 1.165) is 5.69 Å². The molecule has 6 heteroatoms. The predicted molar refractivity (Wildman–Crippen MR) is 89.7 cm³/mol. The normalized spacial score (nSPS) is 15.5. The number of anilines is 1. The summed E-state index contributed by atoms with van der Waals surface area (Å²) in [4.78, 5) is 25.8. The summed E-state index contributed by atoms with van der Waals surface area (Å²) in [5.74, 6) is -0.680. The first-order valence-corrected chi connectivity index (χ1v) is 8.03. The van der Waals surface area contributed by atoms with E-state index in [1.807, 2.05) is 36.4 Å². The van der Waals surface area contributed by atoms with Crippen molar-refractivity contribution in [2.45, 2.75) is 19.8 Å². The van der Waals surface area contributed by atoms with Gasteiger partial charge in [-0.2, -0.15) is 5.26 Å². The number of amides is 1. The zero-order valence-electron chi connectivity index (χ0n) is 13.7. The van der Waals surface area contributed by atoms with Gasteiger partial charge in [0.25, 0.3) is 5.91 Å². The van der Waals surface area contributed by atoms with Gasteiger partial charge in [-0.25, -0.2) is 0 Å². The smallest absolute Gasteiger partial charge is 0.309 e. The summed E-state index contributed by atoms with van der Waals surface area (Å²) < 4.78 is 5.02. The van der Waals surface area contributed by atoms with E-state index in [0.29, 0.717) is 32.5 Å². The fourth-order valence-electron chi connectivity index (χ4n) is 2.58. The van der Waals surface area contributed by atoms with Crippen molar-refractivity contribution in [3.8, 4) is 6.07 Å². The van der Waals surface area contributed by atoms with Gasteiger partial charge in [0.2, 0.25) is 0 Å². The van der Waals surface area contributed by atoms with Crippen LogP contribution in [0.3, 0.4) is 0 Å². The van der Waals surface area contributed by atoms with Crippen LogP contribution in [0.1, 0.15) is 19.8 Å².